The molecular formula is C13H18N2. The molecule has 0 radical (unpaired) electrons. The van der Waals surface area contributed by atoms with Crippen molar-refractivity contribution in [3.63, 3.8) is 0 Å². The number of hydrogen-bond acceptors (Lipinski definition) is 1. The van der Waals surface area contributed by atoms with Crippen LogP contribution in [0.5, 0.6) is 0 Å². The summed E-state index contributed by atoms with van der Waals surface area (Å²) in [5, 5.41) is 0. The Morgan fingerprint density at radius 2 is 1.67 bits per heavy atom. The van der Waals surface area contributed by atoms with E-state index < -0.39 is 0 Å². The molecule has 2 rings (SSSR count). The Balaban J connectivity index is 0.000000162. The van der Waals surface area contributed by atoms with Gasteiger partial charge in [-0.05, 0) is 24.3 Å². The third-order valence-corrected chi connectivity index (χ3v) is 1.97. The average molecular weight is 202 g/mol. The van der Waals surface area contributed by atoms with Crippen LogP contribution in [-0.2, 0) is 5.41 Å². The highest BCUT2D eigenvalue weighted by Gasteiger charge is 2.12. The van der Waals surface area contributed by atoms with Gasteiger partial charge in [-0.25, -0.2) is 0 Å². The summed E-state index contributed by atoms with van der Waals surface area (Å²) >= 11 is 0. The fraction of sp³-hybridized carbons (Fsp3) is 0.308. The van der Waals surface area contributed by atoms with Crippen LogP contribution < -0.4 is 0 Å². The van der Waals surface area contributed by atoms with E-state index in [0.717, 1.165) is 0 Å². The summed E-state index contributed by atoms with van der Waals surface area (Å²) < 4.78 is 0. The zero-order chi connectivity index (χ0) is 11.1. The first-order chi connectivity index (χ1) is 7.11. The smallest absolute Gasteiger partial charge is 0.0267 e. The lowest BCUT2D eigenvalue weighted by molar-refractivity contribution is 0.573. The molecule has 0 unspecified atom stereocenters. The minimum Gasteiger partial charge on any atom is -0.365 e. The molecule has 0 saturated carbocycles. The summed E-state index contributed by atoms with van der Waals surface area (Å²) in [5.74, 6) is 0. The first-order valence-electron chi connectivity index (χ1n) is 5.09. The van der Waals surface area contributed by atoms with Crippen molar-refractivity contribution in [1.82, 2.24) is 9.97 Å². The zero-order valence-corrected chi connectivity index (χ0v) is 9.57. The standard InChI is InChI=1S/C8H13N.C5H5N/c1-8(2,3)7-5-4-6-9-7;1-2-4-6-5-3-1/h4-6,9H,1-3H3;1-5H. The molecule has 0 atom stereocenters. The van der Waals surface area contributed by atoms with Gasteiger partial charge in [0.2, 0.25) is 0 Å². The summed E-state index contributed by atoms with van der Waals surface area (Å²) in [5.41, 5.74) is 1.56. The topological polar surface area (TPSA) is 28.7 Å². The third kappa shape index (κ3) is 4.45. The Labute approximate surface area is 91.4 Å². The van der Waals surface area contributed by atoms with Gasteiger partial charge in [-0.2, -0.15) is 0 Å². The first-order valence-corrected chi connectivity index (χ1v) is 5.09. The maximum Gasteiger partial charge on any atom is 0.0267 e. The molecule has 0 saturated heterocycles. The van der Waals surface area contributed by atoms with Crippen LogP contribution in [0, 0.1) is 0 Å². The highest BCUT2D eigenvalue weighted by molar-refractivity contribution is 5.12. The molecule has 0 aliphatic carbocycles. The van der Waals surface area contributed by atoms with Crippen LogP contribution in [0.25, 0.3) is 0 Å². The maximum atomic E-state index is 3.78. The Morgan fingerprint density at radius 1 is 1.00 bits per heavy atom. The van der Waals surface area contributed by atoms with Crippen molar-refractivity contribution in [2.75, 3.05) is 0 Å². The van der Waals surface area contributed by atoms with Crippen molar-refractivity contribution >= 4 is 0 Å². The second-order valence-corrected chi connectivity index (χ2v) is 4.36. The summed E-state index contributed by atoms with van der Waals surface area (Å²) in [6.45, 7) is 6.58. The monoisotopic (exact) mass is 202 g/mol. The fourth-order valence-corrected chi connectivity index (χ4v) is 1.11. The lowest BCUT2D eigenvalue weighted by atomic mass is 9.93. The highest BCUT2D eigenvalue weighted by Crippen LogP contribution is 2.18. The molecule has 0 amide bonds. The van der Waals surface area contributed by atoms with Crippen molar-refractivity contribution in [2.24, 2.45) is 0 Å². The van der Waals surface area contributed by atoms with Gasteiger partial charge in [0, 0.05) is 29.7 Å². The van der Waals surface area contributed by atoms with E-state index in [1.807, 2.05) is 30.5 Å². The van der Waals surface area contributed by atoms with Gasteiger partial charge >= 0.3 is 0 Å². The molecule has 15 heavy (non-hydrogen) atoms. The molecule has 1 N–H and O–H groups in total. The number of aromatic nitrogens is 2. The molecule has 2 heteroatoms. The van der Waals surface area contributed by atoms with E-state index in [-0.39, 0.29) is 5.41 Å². The third-order valence-electron chi connectivity index (χ3n) is 1.97. The molecule has 0 aliphatic heterocycles. The predicted molar refractivity (Wildman–Crippen MR) is 63.7 cm³/mol. The van der Waals surface area contributed by atoms with Gasteiger partial charge < -0.3 is 4.98 Å². The van der Waals surface area contributed by atoms with Gasteiger partial charge in [0.25, 0.3) is 0 Å². The van der Waals surface area contributed by atoms with E-state index in [9.17, 15) is 0 Å². The van der Waals surface area contributed by atoms with Gasteiger partial charge in [0.15, 0.2) is 0 Å². The maximum absolute atomic E-state index is 3.78. The highest BCUT2D eigenvalue weighted by atomic mass is 14.7. The van der Waals surface area contributed by atoms with Crippen LogP contribution in [0.2, 0.25) is 0 Å². The van der Waals surface area contributed by atoms with Crippen LogP contribution in [0.15, 0.2) is 48.9 Å². The first kappa shape index (κ1) is 11.5. The van der Waals surface area contributed by atoms with Crippen molar-refractivity contribution in [3.05, 3.63) is 54.6 Å². The molecule has 2 heterocycles. The molecule has 2 aromatic heterocycles. The van der Waals surface area contributed by atoms with Crippen LogP contribution in [0.3, 0.4) is 0 Å². The van der Waals surface area contributed by atoms with E-state index in [0.29, 0.717) is 0 Å². The molecule has 2 aromatic rings. The largest absolute Gasteiger partial charge is 0.365 e. The number of hydrogen-bond donors (Lipinski definition) is 1. The Hall–Kier alpha value is -1.57. The molecular weight excluding hydrogens is 184 g/mol. The molecule has 0 bridgehead atoms. The Kier molecular flexibility index (Phi) is 4.10. The Morgan fingerprint density at radius 3 is 1.87 bits per heavy atom. The lowest BCUT2D eigenvalue weighted by Gasteiger charge is -2.15. The van der Waals surface area contributed by atoms with E-state index in [1.165, 1.54) is 5.69 Å². The molecule has 2 nitrogen and oxygen atoms in total. The summed E-state index contributed by atoms with van der Waals surface area (Å²) in [7, 11) is 0. The number of nitrogens with zero attached hydrogens (tertiary/aromatic N) is 1. The minimum absolute atomic E-state index is 0.267. The van der Waals surface area contributed by atoms with Crippen LogP contribution in [0.4, 0.5) is 0 Å². The fourth-order valence-electron chi connectivity index (χ4n) is 1.11. The minimum atomic E-state index is 0.267. The second-order valence-electron chi connectivity index (χ2n) is 4.36. The zero-order valence-electron chi connectivity index (χ0n) is 9.57. The number of rotatable bonds is 0. The number of H-pyrrole nitrogens is 1. The van der Waals surface area contributed by atoms with E-state index in [4.69, 9.17) is 0 Å². The van der Waals surface area contributed by atoms with Crippen molar-refractivity contribution < 1.29 is 0 Å². The van der Waals surface area contributed by atoms with Gasteiger partial charge in [-0.3, -0.25) is 4.98 Å². The second kappa shape index (κ2) is 5.35. The lowest BCUT2D eigenvalue weighted by Crippen LogP contribution is -2.10. The molecule has 80 valence electrons. The van der Waals surface area contributed by atoms with Crippen molar-refractivity contribution in [2.45, 2.75) is 26.2 Å². The van der Waals surface area contributed by atoms with Gasteiger partial charge in [0.05, 0.1) is 0 Å². The van der Waals surface area contributed by atoms with Crippen LogP contribution in [0.1, 0.15) is 26.5 Å². The number of pyridine rings is 1. The summed E-state index contributed by atoms with van der Waals surface area (Å²) in [6, 6.07) is 9.85. The quantitative estimate of drug-likeness (QED) is 0.697. The van der Waals surface area contributed by atoms with Crippen LogP contribution in [-0.4, -0.2) is 9.97 Å². The summed E-state index contributed by atoms with van der Waals surface area (Å²) in [4.78, 5) is 6.96. The van der Waals surface area contributed by atoms with E-state index in [1.54, 1.807) is 12.4 Å². The van der Waals surface area contributed by atoms with Gasteiger partial charge in [0.1, 0.15) is 0 Å². The SMILES string of the molecule is CC(C)(C)c1ccc[nH]1.c1ccncc1. The predicted octanol–water partition coefficient (Wildman–Crippen LogP) is 3.39. The van der Waals surface area contributed by atoms with Gasteiger partial charge in [-0.15, -0.1) is 0 Å². The molecule has 0 aromatic carbocycles. The van der Waals surface area contributed by atoms with Gasteiger partial charge in [-0.1, -0.05) is 26.8 Å². The van der Waals surface area contributed by atoms with Crippen LogP contribution >= 0.6 is 0 Å². The normalized spacial score (nSPS) is 10.3. The number of nitrogens with one attached hydrogen (secondary N) is 1. The molecule has 0 aliphatic rings. The van der Waals surface area contributed by atoms with Crippen molar-refractivity contribution in [1.29, 1.82) is 0 Å². The molecule has 0 fully saturated rings. The average Bonchev–Trinajstić information content (AvgIpc) is 2.73. The summed E-state index contributed by atoms with van der Waals surface area (Å²) in [6.07, 6.45) is 5.46. The number of aromatic amines is 1. The molecule has 0 spiro atoms. The van der Waals surface area contributed by atoms with E-state index >= 15 is 0 Å². The Bertz CT molecular complexity index is 317. The van der Waals surface area contributed by atoms with E-state index in [2.05, 4.69) is 36.8 Å². The van der Waals surface area contributed by atoms with Crippen molar-refractivity contribution in [3.8, 4) is 0 Å².